The Morgan fingerprint density at radius 3 is 2.12 bits per heavy atom. The quantitative estimate of drug-likeness (QED) is 0.701. The summed E-state index contributed by atoms with van der Waals surface area (Å²) in [5.74, 6) is -0.633. The van der Waals surface area contributed by atoms with E-state index in [1.807, 2.05) is 13.8 Å². The highest BCUT2D eigenvalue weighted by Crippen LogP contribution is 2.30. The van der Waals surface area contributed by atoms with Gasteiger partial charge in [-0.2, -0.15) is 4.31 Å². The van der Waals surface area contributed by atoms with Gasteiger partial charge in [-0.3, -0.25) is 9.59 Å². The first-order chi connectivity index (χ1) is 16.3. The van der Waals surface area contributed by atoms with Crippen LogP contribution in [0.3, 0.4) is 0 Å². The molecule has 2 aromatic carbocycles. The van der Waals surface area contributed by atoms with Crippen molar-refractivity contribution in [1.82, 2.24) is 9.21 Å². The molecule has 2 saturated heterocycles. The fourth-order valence-corrected chi connectivity index (χ4v) is 6.59. The molecule has 0 spiro atoms. The molecule has 4 rings (SSSR count). The van der Waals surface area contributed by atoms with E-state index in [0.29, 0.717) is 37.6 Å². The van der Waals surface area contributed by atoms with Gasteiger partial charge in [0.05, 0.1) is 29.2 Å². The van der Waals surface area contributed by atoms with Crippen LogP contribution in [0.15, 0.2) is 53.4 Å². The number of sulfonamides is 1. The van der Waals surface area contributed by atoms with Crippen molar-refractivity contribution in [2.45, 2.75) is 50.1 Å². The third kappa shape index (κ3) is 5.01. The number of carbonyl (C=O) groups excluding carboxylic acids is 2. The zero-order chi connectivity index (χ0) is 24.3. The number of nitrogens with zero attached hydrogens (tertiary/aromatic N) is 2. The lowest BCUT2D eigenvalue weighted by Gasteiger charge is -2.37. The van der Waals surface area contributed by atoms with Crippen LogP contribution in [0.2, 0.25) is 0 Å². The van der Waals surface area contributed by atoms with Crippen LogP contribution in [0, 0.1) is 0 Å². The first-order valence-electron chi connectivity index (χ1n) is 11.7. The Morgan fingerprint density at radius 2 is 1.50 bits per heavy atom. The Kier molecular flexibility index (Phi) is 7.35. The van der Waals surface area contributed by atoms with E-state index in [2.05, 4.69) is 5.32 Å². The van der Waals surface area contributed by atoms with E-state index in [1.54, 1.807) is 45.6 Å². The smallest absolute Gasteiger partial charge is 0.256 e. The summed E-state index contributed by atoms with van der Waals surface area (Å²) in [5, 5.41) is 2.79. The Hall–Kier alpha value is -2.75. The number of ether oxygens (including phenoxy) is 1. The maximum Gasteiger partial charge on any atom is 0.256 e. The Labute approximate surface area is 200 Å². The first kappa shape index (κ1) is 24.4. The molecule has 0 saturated carbocycles. The van der Waals surface area contributed by atoms with Crippen molar-refractivity contribution >= 4 is 27.5 Å². The van der Waals surface area contributed by atoms with Crippen LogP contribution in [-0.4, -0.2) is 67.8 Å². The van der Waals surface area contributed by atoms with E-state index >= 15 is 0 Å². The lowest BCUT2D eigenvalue weighted by atomic mass is 10.0. The van der Waals surface area contributed by atoms with E-state index in [0.717, 1.165) is 19.3 Å². The number of hydrogen-bond donors (Lipinski definition) is 1. The van der Waals surface area contributed by atoms with Gasteiger partial charge in [-0.25, -0.2) is 8.42 Å². The second kappa shape index (κ2) is 10.2. The molecule has 2 aliphatic heterocycles. The zero-order valence-corrected chi connectivity index (χ0v) is 20.4. The van der Waals surface area contributed by atoms with Crippen LogP contribution in [0.1, 0.15) is 53.8 Å². The molecule has 2 fully saturated rings. The summed E-state index contributed by atoms with van der Waals surface area (Å²) in [6.45, 7) is 5.81. The highest BCUT2D eigenvalue weighted by Gasteiger charge is 2.35. The van der Waals surface area contributed by atoms with Crippen molar-refractivity contribution in [3.8, 4) is 0 Å². The van der Waals surface area contributed by atoms with Crippen LogP contribution in [0.25, 0.3) is 0 Å². The van der Waals surface area contributed by atoms with Gasteiger partial charge >= 0.3 is 0 Å². The summed E-state index contributed by atoms with van der Waals surface area (Å²) in [6.07, 6.45) is 2.72. The van der Waals surface area contributed by atoms with E-state index in [-0.39, 0.29) is 28.4 Å². The molecule has 34 heavy (non-hydrogen) atoms. The number of carbonyl (C=O) groups is 2. The molecule has 9 heteroatoms. The molecule has 2 atom stereocenters. The van der Waals surface area contributed by atoms with Crippen molar-refractivity contribution in [1.29, 1.82) is 0 Å². The summed E-state index contributed by atoms with van der Waals surface area (Å²) in [4.78, 5) is 27.8. The standard InChI is InChI=1S/C25H31N3O5S/c1-18-6-5-7-19(2)28(18)34(31,32)21-12-10-20(11-13-21)26-24(29)22-8-3-4-9-23(22)25(30)27-14-16-33-17-15-27/h3-4,8-13,18-19H,5-7,14-17H2,1-2H3,(H,26,29)/t18-,19-/m1/s1. The van der Waals surface area contributed by atoms with Gasteiger partial charge < -0.3 is 15.0 Å². The second-order valence-corrected chi connectivity index (χ2v) is 10.7. The maximum absolute atomic E-state index is 13.2. The van der Waals surface area contributed by atoms with Crippen LogP contribution in [0.4, 0.5) is 5.69 Å². The van der Waals surface area contributed by atoms with E-state index < -0.39 is 15.9 Å². The number of hydrogen-bond acceptors (Lipinski definition) is 5. The average molecular weight is 486 g/mol. The van der Waals surface area contributed by atoms with Crippen molar-refractivity contribution in [3.63, 3.8) is 0 Å². The van der Waals surface area contributed by atoms with Crippen LogP contribution in [-0.2, 0) is 14.8 Å². The Balaban J connectivity index is 1.50. The van der Waals surface area contributed by atoms with Gasteiger partial charge in [0.15, 0.2) is 0 Å². The number of anilines is 1. The fourth-order valence-electron chi connectivity index (χ4n) is 4.71. The molecule has 182 valence electrons. The molecule has 0 radical (unpaired) electrons. The highest BCUT2D eigenvalue weighted by atomic mass is 32.2. The second-order valence-electron chi connectivity index (χ2n) is 8.89. The van der Waals surface area contributed by atoms with Crippen LogP contribution < -0.4 is 5.32 Å². The van der Waals surface area contributed by atoms with Gasteiger partial charge in [-0.15, -0.1) is 0 Å². The number of rotatable bonds is 5. The van der Waals surface area contributed by atoms with Gasteiger partial charge in [-0.1, -0.05) is 18.6 Å². The third-order valence-electron chi connectivity index (χ3n) is 6.50. The largest absolute Gasteiger partial charge is 0.378 e. The Bertz CT molecular complexity index is 1130. The summed E-state index contributed by atoms with van der Waals surface area (Å²) in [7, 11) is -3.63. The van der Waals surface area contributed by atoms with Crippen molar-refractivity contribution < 1.29 is 22.7 Å². The molecule has 1 N–H and O–H groups in total. The highest BCUT2D eigenvalue weighted by molar-refractivity contribution is 7.89. The van der Waals surface area contributed by atoms with Crippen molar-refractivity contribution in [3.05, 3.63) is 59.7 Å². The summed E-state index contributed by atoms with van der Waals surface area (Å²) >= 11 is 0. The van der Waals surface area contributed by atoms with Gasteiger partial charge in [0.25, 0.3) is 11.8 Å². The molecule has 2 aromatic rings. The normalized spacial score (nSPS) is 21.8. The molecular weight excluding hydrogens is 454 g/mol. The van der Waals surface area contributed by atoms with Gasteiger partial charge in [0.1, 0.15) is 0 Å². The number of piperidine rings is 1. The Morgan fingerprint density at radius 1 is 0.912 bits per heavy atom. The third-order valence-corrected chi connectivity index (χ3v) is 8.64. The topological polar surface area (TPSA) is 96.0 Å². The summed E-state index contributed by atoms with van der Waals surface area (Å²) < 4.78 is 33.3. The summed E-state index contributed by atoms with van der Waals surface area (Å²) in [5.41, 5.74) is 1.05. The SMILES string of the molecule is C[C@@H]1CCC[C@@H](C)N1S(=O)(=O)c1ccc(NC(=O)c2ccccc2C(=O)N2CCOCC2)cc1. The summed E-state index contributed by atoms with van der Waals surface area (Å²) in [6, 6.07) is 12.8. The maximum atomic E-state index is 13.2. The molecular formula is C25H31N3O5S. The molecule has 0 aliphatic carbocycles. The van der Waals surface area contributed by atoms with Gasteiger partial charge in [0.2, 0.25) is 10.0 Å². The number of morpholine rings is 1. The van der Waals surface area contributed by atoms with Gasteiger partial charge in [0, 0.05) is 30.9 Å². The van der Waals surface area contributed by atoms with E-state index in [9.17, 15) is 18.0 Å². The van der Waals surface area contributed by atoms with Crippen molar-refractivity contribution in [2.24, 2.45) is 0 Å². The molecule has 8 nitrogen and oxygen atoms in total. The number of benzene rings is 2. The minimum absolute atomic E-state index is 0.0476. The fraction of sp³-hybridized carbons (Fsp3) is 0.440. The minimum atomic E-state index is -3.63. The predicted molar refractivity (Wildman–Crippen MR) is 129 cm³/mol. The molecule has 0 bridgehead atoms. The molecule has 2 heterocycles. The number of nitrogens with one attached hydrogen (secondary N) is 1. The zero-order valence-electron chi connectivity index (χ0n) is 19.6. The molecule has 0 aromatic heterocycles. The lowest BCUT2D eigenvalue weighted by molar-refractivity contribution is 0.0302. The number of amides is 2. The monoisotopic (exact) mass is 485 g/mol. The van der Waals surface area contributed by atoms with E-state index in [1.165, 1.54) is 12.1 Å². The molecule has 0 unspecified atom stereocenters. The van der Waals surface area contributed by atoms with Crippen molar-refractivity contribution in [2.75, 3.05) is 31.6 Å². The first-order valence-corrected chi connectivity index (χ1v) is 13.1. The van der Waals surface area contributed by atoms with Crippen LogP contribution in [0.5, 0.6) is 0 Å². The lowest BCUT2D eigenvalue weighted by Crippen LogP contribution is -2.47. The molecule has 2 amide bonds. The predicted octanol–water partition coefficient (Wildman–Crippen LogP) is 3.36. The molecule has 2 aliphatic rings. The minimum Gasteiger partial charge on any atom is -0.378 e. The van der Waals surface area contributed by atoms with Crippen LogP contribution >= 0.6 is 0 Å². The van der Waals surface area contributed by atoms with Gasteiger partial charge in [-0.05, 0) is 63.1 Å². The van der Waals surface area contributed by atoms with E-state index in [4.69, 9.17) is 4.74 Å². The average Bonchev–Trinajstić information content (AvgIpc) is 2.84.